The van der Waals surface area contributed by atoms with E-state index in [0.29, 0.717) is 5.56 Å². The number of halogens is 1. The number of hydrogen-bond acceptors (Lipinski definition) is 6. The first-order valence-corrected chi connectivity index (χ1v) is 9.83. The largest absolute Gasteiger partial charge is 0.457 e. The van der Waals surface area contributed by atoms with Crippen LogP contribution in [-0.4, -0.2) is 49.2 Å². The summed E-state index contributed by atoms with van der Waals surface area (Å²) in [5.74, 6) is -0.963. The lowest BCUT2D eigenvalue weighted by atomic mass is 10.2. The van der Waals surface area contributed by atoms with Crippen LogP contribution in [0.5, 0.6) is 0 Å². The molecule has 0 atom stereocenters. The van der Waals surface area contributed by atoms with E-state index in [-0.39, 0.29) is 47.8 Å². The number of aromatic nitrogens is 1. The quantitative estimate of drug-likeness (QED) is 0.587. The lowest BCUT2D eigenvalue weighted by molar-refractivity contribution is -0.122. The fraction of sp³-hybridized carbons (Fsp3) is 0.235. The van der Waals surface area contributed by atoms with Gasteiger partial charge in [-0.1, -0.05) is 17.7 Å². The first-order valence-electron chi connectivity index (χ1n) is 8.01. The fourth-order valence-electron chi connectivity index (χ4n) is 2.49. The summed E-state index contributed by atoms with van der Waals surface area (Å²) in [5, 5.41) is 2.82. The smallest absolute Gasteiger partial charge is 0.338 e. The van der Waals surface area contributed by atoms with E-state index < -0.39 is 16.0 Å². The minimum atomic E-state index is -3.80. The van der Waals surface area contributed by atoms with Crippen LogP contribution < -0.4 is 5.32 Å². The molecule has 27 heavy (non-hydrogen) atoms. The Morgan fingerprint density at radius 3 is 2.67 bits per heavy atom. The SMILES string of the molecule is O=C1CN(S(=O)(=O)c2ccc(C(=O)OCc3cccnc3Cl)cc2)CCN1. The van der Waals surface area contributed by atoms with E-state index in [9.17, 15) is 18.0 Å². The predicted octanol–water partition coefficient (Wildman–Crippen LogP) is 1.21. The normalized spacial score (nSPS) is 15.2. The van der Waals surface area contributed by atoms with Gasteiger partial charge in [-0.15, -0.1) is 0 Å². The second kappa shape index (κ2) is 8.03. The molecular weight excluding hydrogens is 394 g/mol. The van der Waals surface area contributed by atoms with Crippen molar-refractivity contribution in [1.82, 2.24) is 14.6 Å². The number of esters is 1. The van der Waals surface area contributed by atoms with Crippen LogP contribution in [0.2, 0.25) is 5.15 Å². The minimum Gasteiger partial charge on any atom is -0.457 e. The van der Waals surface area contributed by atoms with Gasteiger partial charge >= 0.3 is 5.97 Å². The molecule has 0 unspecified atom stereocenters. The summed E-state index contributed by atoms with van der Waals surface area (Å²) in [6.45, 7) is 0.190. The van der Waals surface area contributed by atoms with E-state index in [4.69, 9.17) is 16.3 Å². The van der Waals surface area contributed by atoms with Crippen LogP contribution in [0.3, 0.4) is 0 Å². The fourth-order valence-corrected chi connectivity index (χ4v) is 4.06. The van der Waals surface area contributed by atoms with Crippen molar-refractivity contribution >= 4 is 33.5 Å². The van der Waals surface area contributed by atoms with Gasteiger partial charge in [0.1, 0.15) is 11.8 Å². The third-order valence-electron chi connectivity index (χ3n) is 3.93. The zero-order valence-electron chi connectivity index (χ0n) is 14.1. The maximum atomic E-state index is 12.6. The Hall–Kier alpha value is -2.49. The van der Waals surface area contributed by atoms with Crippen molar-refractivity contribution in [1.29, 1.82) is 0 Å². The molecule has 0 saturated carbocycles. The maximum Gasteiger partial charge on any atom is 0.338 e. The zero-order valence-corrected chi connectivity index (χ0v) is 15.7. The summed E-state index contributed by atoms with van der Waals surface area (Å²) in [6, 6.07) is 8.72. The Morgan fingerprint density at radius 2 is 2.00 bits per heavy atom. The van der Waals surface area contributed by atoms with Gasteiger partial charge in [-0.05, 0) is 30.3 Å². The highest BCUT2D eigenvalue weighted by molar-refractivity contribution is 7.89. The Labute approximate surface area is 161 Å². The van der Waals surface area contributed by atoms with Crippen LogP contribution in [0.25, 0.3) is 0 Å². The molecule has 1 aromatic heterocycles. The summed E-state index contributed by atoms with van der Waals surface area (Å²) in [6.07, 6.45) is 1.53. The number of nitrogens with zero attached hydrogens (tertiary/aromatic N) is 2. The summed E-state index contributed by atoms with van der Waals surface area (Å²) in [4.78, 5) is 27.4. The summed E-state index contributed by atoms with van der Waals surface area (Å²) in [5.41, 5.74) is 0.764. The van der Waals surface area contributed by atoms with Gasteiger partial charge in [0, 0.05) is 24.8 Å². The van der Waals surface area contributed by atoms with Crippen molar-refractivity contribution in [2.45, 2.75) is 11.5 Å². The molecule has 0 aliphatic carbocycles. The lowest BCUT2D eigenvalue weighted by Gasteiger charge is -2.25. The van der Waals surface area contributed by atoms with E-state index in [1.54, 1.807) is 12.1 Å². The van der Waals surface area contributed by atoms with Gasteiger partial charge in [-0.3, -0.25) is 4.79 Å². The van der Waals surface area contributed by atoms with Gasteiger partial charge in [0.2, 0.25) is 15.9 Å². The van der Waals surface area contributed by atoms with Gasteiger partial charge in [-0.2, -0.15) is 4.31 Å². The van der Waals surface area contributed by atoms with Crippen molar-refractivity contribution in [3.63, 3.8) is 0 Å². The number of hydrogen-bond donors (Lipinski definition) is 1. The van der Waals surface area contributed by atoms with Gasteiger partial charge in [-0.25, -0.2) is 18.2 Å². The highest BCUT2D eigenvalue weighted by Crippen LogP contribution is 2.18. The number of amides is 1. The van der Waals surface area contributed by atoms with Gasteiger partial charge in [0.15, 0.2) is 0 Å². The second-order valence-electron chi connectivity index (χ2n) is 5.74. The molecule has 2 heterocycles. The average Bonchev–Trinajstić information content (AvgIpc) is 2.67. The van der Waals surface area contributed by atoms with Gasteiger partial charge in [0.05, 0.1) is 17.0 Å². The number of sulfonamides is 1. The number of ether oxygens (including phenoxy) is 1. The Kier molecular flexibility index (Phi) is 5.73. The monoisotopic (exact) mass is 409 g/mol. The molecule has 1 amide bonds. The van der Waals surface area contributed by atoms with Crippen LogP contribution in [0.4, 0.5) is 0 Å². The third-order valence-corrected chi connectivity index (χ3v) is 6.13. The Bertz CT molecular complexity index is 963. The number of pyridine rings is 1. The molecule has 3 rings (SSSR count). The standard InChI is InChI=1S/C17H16ClN3O5S/c18-16-13(2-1-7-20-16)11-26-17(23)12-3-5-14(6-4-12)27(24,25)21-9-8-19-15(22)10-21/h1-7H,8-11H2,(H,19,22). The van der Waals surface area contributed by atoms with E-state index in [1.165, 1.54) is 30.5 Å². The predicted molar refractivity (Wildman–Crippen MR) is 96.6 cm³/mol. The molecule has 0 spiro atoms. The first kappa shape index (κ1) is 19.3. The van der Waals surface area contributed by atoms with Crippen molar-refractivity contribution in [2.24, 2.45) is 0 Å². The van der Waals surface area contributed by atoms with Crippen molar-refractivity contribution < 1.29 is 22.7 Å². The summed E-state index contributed by atoms with van der Waals surface area (Å²) < 4.78 is 31.4. The third kappa shape index (κ3) is 4.44. The Balaban J connectivity index is 1.68. The molecule has 2 aromatic rings. The van der Waals surface area contributed by atoms with Crippen molar-refractivity contribution in [2.75, 3.05) is 19.6 Å². The van der Waals surface area contributed by atoms with Crippen molar-refractivity contribution in [3.8, 4) is 0 Å². The van der Waals surface area contributed by atoms with Crippen LogP contribution in [0.15, 0.2) is 47.5 Å². The van der Waals surface area contributed by atoms with Gasteiger partial charge in [0.25, 0.3) is 0 Å². The highest BCUT2D eigenvalue weighted by Gasteiger charge is 2.29. The molecule has 0 bridgehead atoms. The van der Waals surface area contributed by atoms with Crippen LogP contribution in [0, 0.1) is 0 Å². The van der Waals surface area contributed by atoms with E-state index in [2.05, 4.69) is 10.3 Å². The molecule has 142 valence electrons. The van der Waals surface area contributed by atoms with Crippen LogP contribution >= 0.6 is 11.6 Å². The Morgan fingerprint density at radius 1 is 1.26 bits per heavy atom. The molecular formula is C17H16ClN3O5S. The second-order valence-corrected chi connectivity index (χ2v) is 8.04. The van der Waals surface area contributed by atoms with E-state index >= 15 is 0 Å². The number of rotatable bonds is 5. The zero-order chi connectivity index (χ0) is 19.4. The summed E-state index contributed by atoms with van der Waals surface area (Å²) in [7, 11) is -3.80. The molecule has 1 aromatic carbocycles. The minimum absolute atomic E-state index is 0.00375. The first-order chi connectivity index (χ1) is 12.9. The molecule has 1 N–H and O–H groups in total. The molecule has 1 saturated heterocycles. The van der Waals surface area contributed by atoms with Gasteiger partial charge < -0.3 is 10.1 Å². The number of carbonyl (C=O) groups is 2. The molecule has 1 aliphatic rings. The molecule has 0 radical (unpaired) electrons. The van der Waals surface area contributed by atoms with E-state index in [1.807, 2.05) is 0 Å². The molecule has 8 nitrogen and oxygen atoms in total. The number of piperazine rings is 1. The van der Waals surface area contributed by atoms with Crippen LogP contribution in [-0.2, 0) is 26.2 Å². The molecule has 10 heteroatoms. The number of benzene rings is 1. The maximum absolute atomic E-state index is 12.6. The number of carbonyl (C=O) groups excluding carboxylic acids is 2. The van der Waals surface area contributed by atoms with E-state index in [0.717, 1.165) is 4.31 Å². The van der Waals surface area contributed by atoms with Crippen molar-refractivity contribution in [3.05, 3.63) is 58.9 Å². The van der Waals surface area contributed by atoms with Crippen LogP contribution in [0.1, 0.15) is 15.9 Å². The summed E-state index contributed by atoms with van der Waals surface area (Å²) >= 11 is 5.91. The highest BCUT2D eigenvalue weighted by atomic mass is 35.5. The molecule has 1 aliphatic heterocycles. The lowest BCUT2D eigenvalue weighted by Crippen LogP contribution is -2.49. The molecule has 1 fully saturated rings. The topological polar surface area (TPSA) is 106 Å². The number of nitrogens with one attached hydrogen (secondary N) is 1. The average molecular weight is 410 g/mol.